The van der Waals surface area contributed by atoms with E-state index in [0.717, 1.165) is 6.42 Å². The summed E-state index contributed by atoms with van der Waals surface area (Å²) in [7, 11) is 3.85. The Kier molecular flexibility index (Phi) is 3.46. The molecule has 0 radical (unpaired) electrons. The van der Waals surface area contributed by atoms with Crippen molar-refractivity contribution in [1.29, 1.82) is 0 Å². The van der Waals surface area contributed by atoms with Crippen molar-refractivity contribution in [2.45, 2.75) is 12.1 Å². The van der Waals surface area contributed by atoms with Gasteiger partial charge in [-0.25, -0.2) is 10.7 Å². The molecule has 17 heavy (non-hydrogen) atoms. The number of allylic oxidation sites excluding steroid dienone is 3. The normalized spacial score (nSPS) is 26.7. The molecule has 0 spiro atoms. The molecule has 0 fully saturated rings. The molecule has 1 atom stereocenters. The largest absolute Gasteiger partial charge is 0.391 e. The van der Waals surface area contributed by atoms with E-state index in [-0.39, 0.29) is 5.66 Å². The maximum Gasteiger partial charge on any atom is 0.113 e. The summed E-state index contributed by atoms with van der Waals surface area (Å²) < 4.78 is 0. The molecule has 2 rings (SSSR count). The summed E-state index contributed by atoms with van der Waals surface area (Å²) in [6.45, 7) is 0. The quantitative estimate of drug-likeness (QED) is 0.507. The van der Waals surface area contributed by atoms with Crippen LogP contribution in [0.15, 0.2) is 41.3 Å². The first-order chi connectivity index (χ1) is 8.28. The molecule has 0 amide bonds. The maximum absolute atomic E-state index is 3.95. The zero-order chi connectivity index (χ0) is 12.1. The van der Waals surface area contributed by atoms with E-state index in [1.165, 1.54) is 5.70 Å². The third-order valence-corrected chi connectivity index (χ3v) is 2.80. The Labute approximate surface area is 101 Å². The van der Waals surface area contributed by atoms with E-state index in [0.29, 0.717) is 0 Å². The first-order valence-electron chi connectivity index (χ1n) is 5.56. The van der Waals surface area contributed by atoms with E-state index in [4.69, 9.17) is 0 Å². The second kappa shape index (κ2) is 5.03. The number of likely N-dealkylation sites (N-methyl/N-ethyl adjacent to an activating group) is 1. The van der Waals surface area contributed by atoms with Crippen LogP contribution < -0.4 is 21.6 Å². The Morgan fingerprint density at radius 2 is 2.29 bits per heavy atom. The van der Waals surface area contributed by atoms with Crippen molar-refractivity contribution in [3.8, 4) is 0 Å². The highest BCUT2D eigenvalue weighted by molar-refractivity contribution is 5.70. The Morgan fingerprint density at radius 1 is 1.41 bits per heavy atom. The van der Waals surface area contributed by atoms with Crippen molar-refractivity contribution in [1.82, 2.24) is 26.7 Å². The molecule has 1 aliphatic carbocycles. The minimum atomic E-state index is -0.322. The van der Waals surface area contributed by atoms with E-state index in [1.54, 1.807) is 11.3 Å². The molecule has 0 bridgehead atoms. The highest BCUT2D eigenvalue weighted by atomic mass is 15.8. The number of nitrogens with zero attached hydrogens (tertiary/aromatic N) is 2. The predicted molar refractivity (Wildman–Crippen MR) is 68.4 cm³/mol. The van der Waals surface area contributed by atoms with Crippen LogP contribution in [0.5, 0.6) is 0 Å². The zero-order valence-electron chi connectivity index (χ0n) is 10.1. The standard InChI is InChI=1S/C11H18N6/c1-12-10-5-3-6-11(9-10,13-2)15-17-8-4-7-14-16-17/h3-8,12-13,15-16H,9H2,1-2H3. The fourth-order valence-corrected chi connectivity index (χ4v) is 1.80. The van der Waals surface area contributed by atoms with E-state index in [1.807, 2.05) is 32.4 Å². The topological polar surface area (TPSA) is 63.7 Å². The Morgan fingerprint density at radius 3 is 2.94 bits per heavy atom. The number of rotatable bonds is 4. The third kappa shape index (κ3) is 2.66. The van der Waals surface area contributed by atoms with Crippen LogP contribution in [0.25, 0.3) is 0 Å². The van der Waals surface area contributed by atoms with E-state index in [2.05, 4.69) is 38.8 Å². The molecule has 1 heterocycles. The average Bonchev–Trinajstić information content (AvgIpc) is 2.40. The lowest BCUT2D eigenvalue weighted by Gasteiger charge is -2.38. The lowest BCUT2D eigenvalue weighted by Crippen LogP contribution is -2.62. The average molecular weight is 234 g/mol. The highest BCUT2D eigenvalue weighted by Crippen LogP contribution is 2.19. The molecule has 0 aromatic heterocycles. The Bertz CT molecular complexity index is 383. The minimum Gasteiger partial charge on any atom is -0.391 e. The summed E-state index contributed by atoms with van der Waals surface area (Å²) in [4.78, 5) is 0. The van der Waals surface area contributed by atoms with Gasteiger partial charge in [0.2, 0.25) is 0 Å². The van der Waals surface area contributed by atoms with E-state index in [9.17, 15) is 0 Å². The molecule has 1 unspecified atom stereocenters. The molecule has 4 N–H and O–H groups in total. The lowest BCUT2D eigenvalue weighted by atomic mass is 9.99. The van der Waals surface area contributed by atoms with Gasteiger partial charge in [0.1, 0.15) is 5.66 Å². The van der Waals surface area contributed by atoms with Gasteiger partial charge in [-0.05, 0) is 25.3 Å². The first kappa shape index (κ1) is 11.7. The molecular formula is C11H18N6. The van der Waals surface area contributed by atoms with Gasteiger partial charge >= 0.3 is 0 Å². The van der Waals surface area contributed by atoms with Gasteiger partial charge in [-0.15, -0.1) is 0 Å². The number of hydrazine groups is 2. The van der Waals surface area contributed by atoms with Gasteiger partial charge in [-0.2, -0.15) is 10.5 Å². The molecule has 0 aromatic rings. The molecule has 2 aliphatic rings. The van der Waals surface area contributed by atoms with Gasteiger partial charge in [0, 0.05) is 25.4 Å². The number of hydrazone groups is 1. The third-order valence-electron chi connectivity index (χ3n) is 2.80. The molecule has 92 valence electrons. The second-order valence-corrected chi connectivity index (χ2v) is 3.90. The van der Waals surface area contributed by atoms with Gasteiger partial charge in [0.05, 0.1) is 6.21 Å². The first-order valence-corrected chi connectivity index (χ1v) is 5.56. The van der Waals surface area contributed by atoms with Gasteiger partial charge in [-0.3, -0.25) is 5.32 Å². The smallest absolute Gasteiger partial charge is 0.113 e. The number of hydrogen-bond acceptors (Lipinski definition) is 6. The van der Waals surface area contributed by atoms with Crippen molar-refractivity contribution < 1.29 is 0 Å². The molecule has 0 aromatic carbocycles. The fraction of sp³-hybridized carbons (Fsp3) is 0.364. The molecular weight excluding hydrogens is 216 g/mol. The van der Waals surface area contributed by atoms with Crippen molar-refractivity contribution in [2.75, 3.05) is 14.1 Å². The molecule has 0 saturated heterocycles. The van der Waals surface area contributed by atoms with Gasteiger partial charge in [0.25, 0.3) is 0 Å². The van der Waals surface area contributed by atoms with Crippen molar-refractivity contribution in [3.05, 3.63) is 36.2 Å². The van der Waals surface area contributed by atoms with Gasteiger partial charge < -0.3 is 5.32 Å². The summed E-state index contributed by atoms with van der Waals surface area (Å²) >= 11 is 0. The Balaban J connectivity index is 2.05. The summed E-state index contributed by atoms with van der Waals surface area (Å²) in [5, 5.41) is 12.1. The summed E-state index contributed by atoms with van der Waals surface area (Å²) in [5.74, 6) is 0. The van der Waals surface area contributed by atoms with Crippen molar-refractivity contribution >= 4 is 6.21 Å². The van der Waals surface area contributed by atoms with E-state index < -0.39 is 0 Å². The van der Waals surface area contributed by atoms with Gasteiger partial charge in [0.15, 0.2) is 0 Å². The summed E-state index contributed by atoms with van der Waals surface area (Å²) in [6.07, 6.45) is 12.4. The van der Waals surface area contributed by atoms with Crippen LogP contribution in [-0.2, 0) is 0 Å². The van der Waals surface area contributed by atoms with Crippen molar-refractivity contribution in [2.24, 2.45) is 5.10 Å². The van der Waals surface area contributed by atoms with Crippen LogP contribution in [0.3, 0.4) is 0 Å². The molecule has 6 heteroatoms. The molecule has 6 nitrogen and oxygen atoms in total. The Hall–Kier alpha value is -1.79. The maximum atomic E-state index is 3.95. The predicted octanol–water partition coefficient (Wildman–Crippen LogP) is -0.210. The van der Waals surface area contributed by atoms with Crippen LogP contribution in [0.1, 0.15) is 6.42 Å². The van der Waals surface area contributed by atoms with Gasteiger partial charge in [-0.1, -0.05) is 6.08 Å². The summed E-state index contributed by atoms with van der Waals surface area (Å²) in [5.41, 5.74) is 7.02. The summed E-state index contributed by atoms with van der Waals surface area (Å²) in [6, 6.07) is 0. The van der Waals surface area contributed by atoms with Crippen LogP contribution in [0, 0.1) is 0 Å². The van der Waals surface area contributed by atoms with E-state index >= 15 is 0 Å². The zero-order valence-corrected chi connectivity index (χ0v) is 10.1. The number of hydrogen-bond donors (Lipinski definition) is 4. The minimum absolute atomic E-state index is 0.322. The van der Waals surface area contributed by atoms with Crippen LogP contribution in [-0.4, -0.2) is 31.1 Å². The number of nitrogens with one attached hydrogen (secondary N) is 4. The molecule has 0 saturated carbocycles. The molecule has 1 aliphatic heterocycles. The fourth-order valence-electron chi connectivity index (χ4n) is 1.80. The SMILES string of the molecule is CNC1=CC=CC(NC)(NN2C=CC=NN2)C1. The highest BCUT2D eigenvalue weighted by Gasteiger charge is 2.29. The van der Waals surface area contributed by atoms with Crippen LogP contribution in [0.4, 0.5) is 0 Å². The van der Waals surface area contributed by atoms with Crippen LogP contribution in [0.2, 0.25) is 0 Å². The van der Waals surface area contributed by atoms with Crippen molar-refractivity contribution in [3.63, 3.8) is 0 Å². The lowest BCUT2D eigenvalue weighted by molar-refractivity contribution is 0.108. The second-order valence-electron chi connectivity index (χ2n) is 3.90. The van der Waals surface area contributed by atoms with Crippen LogP contribution >= 0.6 is 0 Å². The monoisotopic (exact) mass is 234 g/mol.